The molecule has 0 radical (unpaired) electrons. The molecule has 18 heavy (non-hydrogen) atoms. The van der Waals surface area contributed by atoms with Crippen LogP contribution in [0.5, 0.6) is 0 Å². The van der Waals surface area contributed by atoms with Gasteiger partial charge in [-0.3, -0.25) is 9.80 Å². The second-order valence-corrected chi connectivity index (χ2v) is 5.42. The lowest BCUT2D eigenvalue weighted by atomic mass is 10.2. The molecule has 0 bridgehead atoms. The molecule has 0 aromatic heterocycles. The number of rotatable bonds is 4. The van der Waals surface area contributed by atoms with Crippen LogP contribution in [0.25, 0.3) is 0 Å². The predicted molar refractivity (Wildman–Crippen MR) is 74.8 cm³/mol. The summed E-state index contributed by atoms with van der Waals surface area (Å²) < 4.78 is 0. The van der Waals surface area contributed by atoms with Crippen molar-refractivity contribution >= 4 is 11.6 Å². The van der Waals surface area contributed by atoms with E-state index in [0.29, 0.717) is 0 Å². The van der Waals surface area contributed by atoms with Gasteiger partial charge < -0.3 is 5.11 Å². The van der Waals surface area contributed by atoms with Crippen molar-refractivity contribution in [3.05, 3.63) is 34.9 Å². The predicted octanol–water partition coefficient (Wildman–Crippen LogP) is 1.84. The highest BCUT2D eigenvalue weighted by Crippen LogP contribution is 2.17. The number of benzene rings is 1. The molecule has 1 N–H and O–H groups in total. The first-order valence-electron chi connectivity index (χ1n) is 6.51. The summed E-state index contributed by atoms with van der Waals surface area (Å²) in [6, 6.07) is 8.03. The average Bonchev–Trinajstić information content (AvgIpc) is 2.34. The summed E-state index contributed by atoms with van der Waals surface area (Å²) in [4.78, 5) is 4.73. The SMILES string of the molecule is C[C@@H](O)CN1CCN(Cc2ccccc2Cl)CC1. The third-order valence-electron chi connectivity index (χ3n) is 3.34. The highest BCUT2D eigenvalue weighted by atomic mass is 35.5. The first-order chi connectivity index (χ1) is 8.65. The Morgan fingerprint density at radius 3 is 2.39 bits per heavy atom. The molecule has 4 heteroatoms. The molecule has 100 valence electrons. The van der Waals surface area contributed by atoms with Gasteiger partial charge in [0.1, 0.15) is 0 Å². The number of halogens is 1. The van der Waals surface area contributed by atoms with Gasteiger partial charge in [0.2, 0.25) is 0 Å². The molecule has 0 unspecified atom stereocenters. The molecule has 1 aliphatic heterocycles. The number of hydrogen-bond acceptors (Lipinski definition) is 3. The van der Waals surface area contributed by atoms with E-state index in [2.05, 4.69) is 15.9 Å². The minimum atomic E-state index is -0.236. The zero-order valence-corrected chi connectivity index (χ0v) is 11.6. The van der Waals surface area contributed by atoms with Gasteiger partial charge in [-0.05, 0) is 18.6 Å². The number of hydrogen-bond donors (Lipinski definition) is 1. The third kappa shape index (κ3) is 3.95. The molecule has 0 aliphatic carbocycles. The van der Waals surface area contributed by atoms with Crippen LogP contribution in [0, 0.1) is 0 Å². The Balaban J connectivity index is 1.82. The summed E-state index contributed by atoms with van der Waals surface area (Å²) in [7, 11) is 0. The van der Waals surface area contributed by atoms with Crippen LogP contribution in [0.4, 0.5) is 0 Å². The number of β-amino-alcohol motifs (C(OH)–C–C–N with tert-alkyl or cyclic N) is 1. The molecule has 1 aliphatic rings. The number of piperazine rings is 1. The zero-order chi connectivity index (χ0) is 13.0. The van der Waals surface area contributed by atoms with Crippen LogP contribution >= 0.6 is 11.6 Å². The molecule has 1 saturated heterocycles. The average molecular weight is 269 g/mol. The van der Waals surface area contributed by atoms with E-state index in [9.17, 15) is 5.11 Å². The maximum absolute atomic E-state index is 9.37. The second-order valence-electron chi connectivity index (χ2n) is 5.02. The van der Waals surface area contributed by atoms with Crippen molar-refractivity contribution in [1.82, 2.24) is 9.80 Å². The molecule has 1 heterocycles. The minimum absolute atomic E-state index is 0.236. The largest absolute Gasteiger partial charge is 0.392 e. The Labute approximate surface area is 114 Å². The van der Waals surface area contributed by atoms with Gasteiger partial charge >= 0.3 is 0 Å². The summed E-state index contributed by atoms with van der Waals surface area (Å²) in [6.07, 6.45) is -0.236. The van der Waals surface area contributed by atoms with Gasteiger partial charge in [0.05, 0.1) is 6.10 Å². The zero-order valence-electron chi connectivity index (χ0n) is 10.8. The Hall–Kier alpha value is -0.610. The van der Waals surface area contributed by atoms with Gasteiger partial charge in [0.15, 0.2) is 0 Å². The maximum Gasteiger partial charge on any atom is 0.0639 e. The Morgan fingerprint density at radius 2 is 1.78 bits per heavy atom. The van der Waals surface area contributed by atoms with Crippen LogP contribution in [0.2, 0.25) is 5.02 Å². The van der Waals surface area contributed by atoms with E-state index in [0.717, 1.165) is 44.3 Å². The normalized spacial score (nSPS) is 19.9. The lowest BCUT2D eigenvalue weighted by Crippen LogP contribution is -2.47. The molecule has 2 rings (SSSR count). The van der Waals surface area contributed by atoms with Gasteiger partial charge in [-0.1, -0.05) is 29.8 Å². The first-order valence-corrected chi connectivity index (χ1v) is 6.89. The van der Waals surface area contributed by atoms with E-state index in [1.54, 1.807) is 0 Å². The van der Waals surface area contributed by atoms with Crippen LogP contribution in [-0.2, 0) is 6.54 Å². The number of aliphatic hydroxyl groups is 1. The fourth-order valence-electron chi connectivity index (χ4n) is 2.37. The van der Waals surface area contributed by atoms with E-state index in [4.69, 9.17) is 11.6 Å². The van der Waals surface area contributed by atoms with Crippen molar-refractivity contribution < 1.29 is 5.11 Å². The Bertz CT molecular complexity index is 376. The van der Waals surface area contributed by atoms with Crippen LogP contribution in [0.3, 0.4) is 0 Å². The molecule has 1 atom stereocenters. The van der Waals surface area contributed by atoms with Gasteiger partial charge in [0, 0.05) is 44.3 Å². The first kappa shape index (κ1) is 13.8. The van der Waals surface area contributed by atoms with Gasteiger partial charge in [-0.2, -0.15) is 0 Å². The highest BCUT2D eigenvalue weighted by molar-refractivity contribution is 6.31. The smallest absolute Gasteiger partial charge is 0.0639 e. The second kappa shape index (κ2) is 6.53. The summed E-state index contributed by atoms with van der Waals surface area (Å²) >= 11 is 6.17. The molecular weight excluding hydrogens is 248 g/mol. The molecular formula is C14H21ClN2O. The molecule has 0 saturated carbocycles. The standard InChI is InChI=1S/C14H21ClN2O/c1-12(18)10-16-6-8-17(9-7-16)11-13-4-2-3-5-14(13)15/h2-5,12,18H,6-11H2,1H3/t12-/m1/s1. The van der Waals surface area contributed by atoms with Gasteiger partial charge in [-0.15, -0.1) is 0 Å². The lowest BCUT2D eigenvalue weighted by molar-refractivity contribution is 0.0781. The Morgan fingerprint density at radius 1 is 1.17 bits per heavy atom. The fourth-order valence-corrected chi connectivity index (χ4v) is 2.57. The van der Waals surface area contributed by atoms with E-state index >= 15 is 0 Å². The van der Waals surface area contributed by atoms with E-state index in [1.165, 1.54) is 5.56 Å². The summed E-state index contributed by atoms with van der Waals surface area (Å²) in [5.41, 5.74) is 1.20. The summed E-state index contributed by atoms with van der Waals surface area (Å²) in [5, 5.41) is 10.2. The van der Waals surface area contributed by atoms with Crippen LogP contribution < -0.4 is 0 Å². The maximum atomic E-state index is 9.37. The third-order valence-corrected chi connectivity index (χ3v) is 3.71. The number of aliphatic hydroxyl groups excluding tert-OH is 1. The van der Waals surface area contributed by atoms with E-state index in [1.807, 2.05) is 25.1 Å². The quantitative estimate of drug-likeness (QED) is 0.903. The Kier molecular flexibility index (Phi) is 5.01. The number of nitrogens with zero attached hydrogens (tertiary/aromatic N) is 2. The fraction of sp³-hybridized carbons (Fsp3) is 0.571. The van der Waals surface area contributed by atoms with E-state index < -0.39 is 0 Å². The van der Waals surface area contributed by atoms with E-state index in [-0.39, 0.29) is 6.10 Å². The molecule has 0 spiro atoms. The highest BCUT2D eigenvalue weighted by Gasteiger charge is 2.18. The van der Waals surface area contributed by atoms with Gasteiger partial charge in [0.25, 0.3) is 0 Å². The van der Waals surface area contributed by atoms with Gasteiger partial charge in [-0.25, -0.2) is 0 Å². The van der Waals surface area contributed by atoms with Crippen molar-refractivity contribution in [2.75, 3.05) is 32.7 Å². The molecule has 1 aromatic carbocycles. The van der Waals surface area contributed by atoms with Crippen LogP contribution in [0.1, 0.15) is 12.5 Å². The summed E-state index contributed by atoms with van der Waals surface area (Å²) in [5.74, 6) is 0. The lowest BCUT2D eigenvalue weighted by Gasteiger charge is -2.35. The molecule has 3 nitrogen and oxygen atoms in total. The monoisotopic (exact) mass is 268 g/mol. The van der Waals surface area contributed by atoms with Crippen molar-refractivity contribution in [1.29, 1.82) is 0 Å². The van der Waals surface area contributed by atoms with Crippen LogP contribution in [0.15, 0.2) is 24.3 Å². The van der Waals surface area contributed by atoms with Crippen LogP contribution in [-0.4, -0.2) is 53.7 Å². The van der Waals surface area contributed by atoms with Crippen molar-refractivity contribution in [3.63, 3.8) is 0 Å². The van der Waals surface area contributed by atoms with Crippen molar-refractivity contribution in [2.24, 2.45) is 0 Å². The topological polar surface area (TPSA) is 26.7 Å². The molecule has 1 fully saturated rings. The molecule has 1 aromatic rings. The van der Waals surface area contributed by atoms with Crippen molar-refractivity contribution in [3.8, 4) is 0 Å². The minimum Gasteiger partial charge on any atom is -0.392 e. The van der Waals surface area contributed by atoms with Crippen molar-refractivity contribution in [2.45, 2.75) is 19.6 Å². The molecule has 0 amide bonds. The summed E-state index contributed by atoms with van der Waals surface area (Å²) in [6.45, 7) is 7.67.